The molecule has 7 heteroatoms. The molecule has 0 atom stereocenters. The number of ether oxygens (including phenoxy) is 2. The Balaban J connectivity index is 1.70. The van der Waals surface area contributed by atoms with Crippen molar-refractivity contribution in [3.63, 3.8) is 0 Å². The number of hydrogen-bond donors (Lipinski definition) is 1. The molecule has 6 nitrogen and oxygen atoms in total. The zero-order valence-electron chi connectivity index (χ0n) is 16.8. The number of unbranched alkanes of at least 4 members (excludes halogenated alkanes) is 1. The molecule has 0 unspecified atom stereocenters. The molecule has 0 bridgehead atoms. The first kappa shape index (κ1) is 21.8. The average molecular weight is 397 g/mol. The average Bonchev–Trinajstić information content (AvgIpc) is 2.69. The fourth-order valence-electron chi connectivity index (χ4n) is 3.19. The number of piperazine rings is 1. The predicted octanol–water partition coefficient (Wildman–Crippen LogP) is 2.79. The van der Waals surface area contributed by atoms with Crippen LogP contribution in [0.3, 0.4) is 0 Å². The van der Waals surface area contributed by atoms with Crippen LogP contribution in [0.25, 0.3) is 0 Å². The molecule has 1 aromatic carbocycles. The van der Waals surface area contributed by atoms with Crippen molar-refractivity contribution in [3.05, 3.63) is 28.8 Å². The minimum Gasteiger partial charge on any atom is -0.382 e. The van der Waals surface area contributed by atoms with Gasteiger partial charge in [0.15, 0.2) is 5.96 Å². The smallest absolute Gasteiger partial charge is 0.193 e. The maximum atomic E-state index is 6.17. The van der Waals surface area contributed by atoms with Crippen molar-refractivity contribution in [1.82, 2.24) is 10.2 Å². The second kappa shape index (κ2) is 12.1. The highest BCUT2D eigenvalue weighted by Crippen LogP contribution is 2.25. The van der Waals surface area contributed by atoms with E-state index in [1.165, 1.54) is 11.3 Å². The SMILES string of the molecule is CN=C(NCCCCOCCOC)N1CCN(c2cc(Cl)ccc2C)CC1. The third kappa shape index (κ3) is 7.20. The number of nitrogens with zero attached hydrogens (tertiary/aromatic N) is 3. The first-order valence-electron chi connectivity index (χ1n) is 9.69. The van der Waals surface area contributed by atoms with Gasteiger partial charge in [-0.05, 0) is 37.5 Å². The number of hydrogen-bond acceptors (Lipinski definition) is 4. The number of guanidine groups is 1. The Bertz CT molecular complexity index is 589. The topological polar surface area (TPSA) is 49.3 Å². The lowest BCUT2D eigenvalue weighted by atomic mass is 10.1. The van der Waals surface area contributed by atoms with E-state index in [2.05, 4.69) is 39.2 Å². The predicted molar refractivity (Wildman–Crippen MR) is 113 cm³/mol. The van der Waals surface area contributed by atoms with Gasteiger partial charge in [0, 0.05) is 64.2 Å². The van der Waals surface area contributed by atoms with Gasteiger partial charge in [0.2, 0.25) is 0 Å². The summed E-state index contributed by atoms with van der Waals surface area (Å²) in [6.45, 7) is 8.99. The molecular weight excluding hydrogens is 364 g/mol. The van der Waals surface area contributed by atoms with Crippen LogP contribution in [0.2, 0.25) is 5.02 Å². The number of aryl methyl sites for hydroxylation is 1. The molecular formula is C20H33ClN4O2. The summed E-state index contributed by atoms with van der Waals surface area (Å²) in [5.41, 5.74) is 2.50. The minimum atomic E-state index is 0.658. The number of nitrogens with one attached hydrogen (secondary N) is 1. The molecule has 152 valence electrons. The van der Waals surface area contributed by atoms with Crippen molar-refractivity contribution in [3.8, 4) is 0 Å². The van der Waals surface area contributed by atoms with E-state index < -0.39 is 0 Å². The largest absolute Gasteiger partial charge is 0.382 e. The highest BCUT2D eigenvalue weighted by atomic mass is 35.5. The Labute approximate surface area is 168 Å². The van der Waals surface area contributed by atoms with E-state index in [0.717, 1.165) is 63.2 Å². The number of rotatable bonds is 9. The van der Waals surface area contributed by atoms with E-state index >= 15 is 0 Å². The lowest BCUT2D eigenvalue weighted by Crippen LogP contribution is -2.52. The monoisotopic (exact) mass is 396 g/mol. The standard InChI is InChI=1S/C20H33ClN4O2/c1-17-6-7-18(21)16-19(17)24-9-11-25(12-10-24)20(22-2)23-8-4-5-13-27-15-14-26-3/h6-7,16H,4-5,8-15H2,1-3H3,(H,22,23). The highest BCUT2D eigenvalue weighted by Gasteiger charge is 2.20. The molecule has 0 aromatic heterocycles. The Hall–Kier alpha value is -1.50. The third-order valence-electron chi connectivity index (χ3n) is 4.73. The van der Waals surface area contributed by atoms with Gasteiger partial charge in [-0.15, -0.1) is 0 Å². The fourth-order valence-corrected chi connectivity index (χ4v) is 3.35. The van der Waals surface area contributed by atoms with Crippen molar-refractivity contribution < 1.29 is 9.47 Å². The molecule has 1 aliphatic heterocycles. The van der Waals surface area contributed by atoms with Crippen molar-refractivity contribution in [2.45, 2.75) is 19.8 Å². The molecule has 1 saturated heterocycles. The molecule has 2 rings (SSSR count). The molecule has 1 N–H and O–H groups in total. The highest BCUT2D eigenvalue weighted by molar-refractivity contribution is 6.30. The second-order valence-corrected chi connectivity index (χ2v) is 7.13. The van der Waals surface area contributed by atoms with Gasteiger partial charge in [-0.3, -0.25) is 4.99 Å². The number of anilines is 1. The maximum absolute atomic E-state index is 6.17. The number of benzene rings is 1. The molecule has 1 heterocycles. The quantitative estimate of drug-likeness (QED) is 0.395. The van der Waals surface area contributed by atoms with Gasteiger partial charge in [-0.25, -0.2) is 0 Å². The minimum absolute atomic E-state index is 0.658. The van der Waals surface area contributed by atoms with E-state index in [9.17, 15) is 0 Å². The van der Waals surface area contributed by atoms with Gasteiger partial charge < -0.3 is 24.6 Å². The molecule has 0 radical (unpaired) electrons. The Morgan fingerprint density at radius 2 is 1.93 bits per heavy atom. The van der Waals surface area contributed by atoms with E-state index in [1.807, 2.05) is 13.1 Å². The molecule has 0 aliphatic carbocycles. The van der Waals surface area contributed by atoms with Crippen LogP contribution < -0.4 is 10.2 Å². The summed E-state index contributed by atoms with van der Waals surface area (Å²) in [5.74, 6) is 0.984. The van der Waals surface area contributed by atoms with E-state index in [-0.39, 0.29) is 0 Å². The van der Waals surface area contributed by atoms with Crippen LogP contribution in [-0.4, -0.2) is 77.6 Å². The number of aliphatic imine (C=N–C) groups is 1. The molecule has 27 heavy (non-hydrogen) atoms. The van der Waals surface area contributed by atoms with Crippen LogP contribution in [-0.2, 0) is 9.47 Å². The summed E-state index contributed by atoms with van der Waals surface area (Å²) in [5, 5.41) is 4.27. The van der Waals surface area contributed by atoms with Crippen molar-refractivity contribution in [2.75, 3.05) is 71.6 Å². The van der Waals surface area contributed by atoms with Crippen molar-refractivity contribution in [1.29, 1.82) is 0 Å². The summed E-state index contributed by atoms with van der Waals surface area (Å²) in [6, 6.07) is 6.10. The lowest BCUT2D eigenvalue weighted by molar-refractivity contribution is 0.0689. The zero-order valence-corrected chi connectivity index (χ0v) is 17.6. The number of halogens is 1. The lowest BCUT2D eigenvalue weighted by Gasteiger charge is -2.38. The molecule has 0 saturated carbocycles. The van der Waals surface area contributed by atoms with Gasteiger partial charge in [0.05, 0.1) is 13.2 Å². The first-order valence-corrected chi connectivity index (χ1v) is 10.1. The van der Waals surface area contributed by atoms with Gasteiger partial charge in [0.25, 0.3) is 0 Å². The summed E-state index contributed by atoms with van der Waals surface area (Å²) < 4.78 is 10.4. The van der Waals surface area contributed by atoms with Crippen LogP contribution in [0, 0.1) is 6.92 Å². The summed E-state index contributed by atoms with van der Waals surface area (Å²) in [4.78, 5) is 9.17. The molecule has 0 amide bonds. The van der Waals surface area contributed by atoms with Crippen molar-refractivity contribution >= 4 is 23.2 Å². The number of methoxy groups -OCH3 is 1. The normalized spacial score (nSPS) is 15.3. The van der Waals surface area contributed by atoms with E-state index in [4.69, 9.17) is 21.1 Å². The zero-order chi connectivity index (χ0) is 19.5. The van der Waals surface area contributed by atoms with Crippen molar-refractivity contribution in [2.24, 2.45) is 4.99 Å². The summed E-state index contributed by atoms with van der Waals surface area (Å²) >= 11 is 6.17. The van der Waals surface area contributed by atoms with Crippen LogP contribution in [0.5, 0.6) is 0 Å². The van der Waals surface area contributed by atoms with Crippen LogP contribution in [0.4, 0.5) is 5.69 Å². The van der Waals surface area contributed by atoms with Crippen LogP contribution >= 0.6 is 11.6 Å². The van der Waals surface area contributed by atoms with Gasteiger partial charge in [0.1, 0.15) is 0 Å². The Kier molecular flexibility index (Phi) is 9.73. The fraction of sp³-hybridized carbons (Fsp3) is 0.650. The van der Waals surface area contributed by atoms with Crippen LogP contribution in [0.1, 0.15) is 18.4 Å². The first-order chi connectivity index (χ1) is 13.2. The van der Waals surface area contributed by atoms with E-state index in [0.29, 0.717) is 13.2 Å². The third-order valence-corrected chi connectivity index (χ3v) is 4.97. The summed E-state index contributed by atoms with van der Waals surface area (Å²) in [6.07, 6.45) is 2.10. The molecule has 1 aliphatic rings. The maximum Gasteiger partial charge on any atom is 0.193 e. The van der Waals surface area contributed by atoms with E-state index in [1.54, 1.807) is 7.11 Å². The van der Waals surface area contributed by atoms with Gasteiger partial charge in [-0.2, -0.15) is 0 Å². The summed E-state index contributed by atoms with van der Waals surface area (Å²) in [7, 11) is 3.54. The van der Waals surface area contributed by atoms with Crippen LogP contribution in [0.15, 0.2) is 23.2 Å². The van der Waals surface area contributed by atoms with Gasteiger partial charge >= 0.3 is 0 Å². The van der Waals surface area contributed by atoms with Gasteiger partial charge in [-0.1, -0.05) is 17.7 Å². The molecule has 1 aromatic rings. The Morgan fingerprint density at radius 3 is 2.63 bits per heavy atom. The molecule has 1 fully saturated rings. The second-order valence-electron chi connectivity index (χ2n) is 6.69. The Morgan fingerprint density at radius 1 is 1.15 bits per heavy atom. The molecule has 0 spiro atoms.